The van der Waals surface area contributed by atoms with Crippen LogP contribution in [0.15, 0.2) is 10.9 Å². The van der Waals surface area contributed by atoms with Crippen LogP contribution in [-0.2, 0) is 0 Å². The van der Waals surface area contributed by atoms with E-state index in [-0.39, 0.29) is 11.6 Å². The van der Waals surface area contributed by atoms with Crippen LogP contribution in [0, 0.1) is 11.3 Å². The highest BCUT2D eigenvalue weighted by Crippen LogP contribution is 2.37. The Morgan fingerprint density at radius 1 is 1.40 bits per heavy atom. The first-order valence-corrected chi connectivity index (χ1v) is 7.17. The van der Waals surface area contributed by atoms with Crippen LogP contribution in [0.4, 0.5) is 5.82 Å². The summed E-state index contributed by atoms with van der Waals surface area (Å²) in [7, 11) is 0. The van der Waals surface area contributed by atoms with Gasteiger partial charge in [-0.3, -0.25) is 9.69 Å². The zero-order chi connectivity index (χ0) is 14.1. The Labute approximate surface area is 118 Å². The molecule has 2 heterocycles. The number of aromatic nitrogens is 2. The summed E-state index contributed by atoms with van der Waals surface area (Å²) in [5, 5.41) is 8.95. The average molecular weight is 273 g/mol. The predicted octanol–water partition coefficient (Wildman–Crippen LogP) is 0.681. The van der Waals surface area contributed by atoms with E-state index >= 15 is 0 Å². The van der Waals surface area contributed by atoms with Crippen LogP contribution >= 0.6 is 0 Å². The lowest BCUT2D eigenvalue weighted by Gasteiger charge is -2.36. The van der Waals surface area contributed by atoms with Crippen LogP contribution in [-0.4, -0.2) is 47.1 Å². The van der Waals surface area contributed by atoms with Gasteiger partial charge in [-0.15, -0.1) is 0 Å². The number of H-pyrrole nitrogens is 1. The highest BCUT2D eigenvalue weighted by Gasteiger charge is 2.28. The van der Waals surface area contributed by atoms with E-state index in [2.05, 4.69) is 25.8 Å². The highest BCUT2D eigenvalue weighted by atomic mass is 16.1. The Morgan fingerprint density at radius 3 is 2.70 bits per heavy atom. The van der Waals surface area contributed by atoms with Gasteiger partial charge in [0.05, 0.1) is 12.1 Å². The second-order valence-electron chi connectivity index (χ2n) is 5.59. The van der Waals surface area contributed by atoms with Crippen molar-refractivity contribution in [2.24, 2.45) is 0 Å². The fourth-order valence-corrected chi connectivity index (χ4v) is 2.60. The van der Waals surface area contributed by atoms with E-state index in [4.69, 9.17) is 5.26 Å². The molecule has 0 spiro atoms. The van der Waals surface area contributed by atoms with Crippen molar-refractivity contribution in [2.75, 3.05) is 31.1 Å². The van der Waals surface area contributed by atoms with Gasteiger partial charge in [0.2, 0.25) is 0 Å². The van der Waals surface area contributed by atoms with Crippen molar-refractivity contribution in [3.05, 3.63) is 22.2 Å². The minimum absolute atomic E-state index is 0.0497. The molecule has 0 bridgehead atoms. The Hall–Kier alpha value is -1.87. The Kier molecular flexibility index (Phi) is 3.45. The molecule has 6 heteroatoms. The van der Waals surface area contributed by atoms with Crippen molar-refractivity contribution in [2.45, 2.75) is 31.7 Å². The molecule has 1 aliphatic carbocycles. The van der Waals surface area contributed by atoms with Crippen LogP contribution in [0.2, 0.25) is 0 Å². The van der Waals surface area contributed by atoms with Crippen molar-refractivity contribution in [3.63, 3.8) is 0 Å². The van der Waals surface area contributed by atoms with Gasteiger partial charge in [0.25, 0.3) is 5.56 Å². The van der Waals surface area contributed by atoms with Crippen molar-refractivity contribution in [3.8, 4) is 6.07 Å². The lowest BCUT2D eigenvalue weighted by molar-refractivity contribution is 0.231. The number of rotatable bonds is 3. The molecule has 3 rings (SSSR count). The maximum atomic E-state index is 11.7. The van der Waals surface area contributed by atoms with Gasteiger partial charge in [0.1, 0.15) is 11.6 Å². The molecule has 106 valence electrons. The average Bonchev–Trinajstić information content (AvgIpc) is 3.30. The number of anilines is 1. The molecule has 1 unspecified atom stereocenters. The minimum atomic E-state index is -0.0651. The van der Waals surface area contributed by atoms with Gasteiger partial charge in [-0.1, -0.05) is 0 Å². The van der Waals surface area contributed by atoms with Gasteiger partial charge < -0.3 is 9.88 Å². The molecule has 1 aliphatic heterocycles. The van der Waals surface area contributed by atoms with Gasteiger partial charge in [-0.2, -0.15) is 5.26 Å². The minimum Gasteiger partial charge on any atom is -0.354 e. The third-order valence-electron chi connectivity index (χ3n) is 4.08. The van der Waals surface area contributed by atoms with E-state index < -0.39 is 0 Å². The largest absolute Gasteiger partial charge is 0.354 e. The summed E-state index contributed by atoms with van der Waals surface area (Å²) in [6.07, 6.45) is 2.25. The normalized spacial score (nSPS) is 21.5. The first-order valence-electron chi connectivity index (χ1n) is 7.17. The van der Waals surface area contributed by atoms with Crippen LogP contribution in [0.1, 0.15) is 31.5 Å². The molecule has 0 amide bonds. The zero-order valence-electron chi connectivity index (χ0n) is 11.7. The summed E-state index contributed by atoms with van der Waals surface area (Å²) < 4.78 is 0. The molecule has 2 fully saturated rings. The van der Waals surface area contributed by atoms with Gasteiger partial charge in [-0.05, 0) is 19.8 Å². The molecular formula is C14H19N5O. The number of nitriles is 1. The maximum absolute atomic E-state index is 11.7. The first-order chi connectivity index (χ1) is 9.67. The third kappa shape index (κ3) is 2.68. The van der Waals surface area contributed by atoms with E-state index in [0.29, 0.717) is 5.92 Å². The molecule has 1 atom stereocenters. The highest BCUT2D eigenvalue weighted by molar-refractivity contribution is 5.39. The van der Waals surface area contributed by atoms with E-state index in [1.54, 1.807) is 6.07 Å². The molecular weight excluding hydrogens is 254 g/mol. The summed E-state index contributed by atoms with van der Waals surface area (Å²) in [6, 6.07) is 3.80. The number of nitrogens with one attached hydrogen (secondary N) is 1. The zero-order valence-corrected chi connectivity index (χ0v) is 11.7. The summed E-state index contributed by atoms with van der Waals surface area (Å²) in [4.78, 5) is 23.5. The predicted molar refractivity (Wildman–Crippen MR) is 75.7 cm³/mol. The fourth-order valence-electron chi connectivity index (χ4n) is 2.60. The van der Waals surface area contributed by atoms with E-state index in [0.717, 1.165) is 50.7 Å². The second kappa shape index (κ2) is 5.25. The SMILES string of the molecule is CC(C#N)N1CCN(c2cc(=O)[nH]c(C3CC3)n2)CC1. The molecule has 0 aromatic carbocycles. The number of aromatic amines is 1. The summed E-state index contributed by atoms with van der Waals surface area (Å²) in [5.74, 6) is 2.06. The molecule has 6 nitrogen and oxygen atoms in total. The summed E-state index contributed by atoms with van der Waals surface area (Å²) in [5.41, 5.74) is -0.0651. The lowest BCUT2D eigenvalue weighted by atomic mass is 10.2. The first kappa shape index (κ1) is 13.1. The third-order valence-corrected chi connectivity index (χ3v) is 4.08. The molecule has 0 radical (unpaired) electrons. The van der Waals surface area contributed by atoms with Crippen molar-refractivity contribution in [1.82, 2.24) is 14.9 Å². The molecule has 1 aromatic heterocycles. The second-order valence-corrected chi connectivity index (χ2v) is 5.59. The fraction of sp³-hybridized carbons (Fsp3) is 0.643. The Balaban J connectivity index is 1.72. The van der Waals surface area contributed by atoms with E-state index in [1.807, 2.05) is 6.92 Å². The standard InChI is InChI=1S/C14H19N5O/c1-10(9-15)18-4-6-19(7-5-18)12-8-13(20)17-14(16-12)11-2-3-11/h8,10-11H,2-7H2,1H3,(H,16,17,20). The smallest absolute Gasteiger partial charge is 0.252 e. The number of piperazine rings is 1. The lowest BCUT2D eigenvalue weighted by Crippen LogP contribution is -2.49. The van der Waals surface area contributed by atoms with Crippen LogP contribution < -0.4 is 10.5 Å². The Morgan fingerprint density at radius 2 is 2.10 bits per heavy atom. The maximum Gasteiger partial charge on any atom is 0.252 e. The number of hydrogen-bond donors (Lipinski definition) is 1. The van der Waals surface area contributed by atoms with Gasteiger partial charge in [0.15, 0.2) is 0 Å². The van der Waals surface area contributed by atoms with Crippen LogP contribution in [0.5, 0.6) is 0 Å². The van der Waals surface area contributed by atoms with Crippen LogP contribution in [0.3, 0.4) is 0 Å². The molecule has 1 N–H and O–H groups in total. The molecule has 1 saturated heterocycles. The monoisotopic (exact) mass is 273 g/mol. The van der Waals surface area contributed by atoms with Gasteiger partial charge in [0, 0.05) is 38.2 Å². The van der Waals surface area contributed by atoms with Crippen molar-refractivity contribution < 1.29 is 0 Å². The molecule has 1 aromatic rings. The molecule has 2 aliphatic rings. The van der Waals surface area contributed by atoms with Crippen molar-refractivity contribution in [1.29, 1.82) is 5.26 Å². The molecule has 1 saturated carbocycles. The summed E-state index contributed by atoms with van der Waals surface area (Å²) >= 11 is 0. The number of hydrogen-bond acceptors (Lipinski definition) is 5. The van der Waals surface area contributed by atoms with Gasteiger partial charge in [-0.25, -0.2) is 4.98 Å². The van der Waals surface area contributed by atoms with Gasteiger partial charge >= 0.3 is 0 Å². The number of nitrogens with zero attached hydrogens (tertiary/aromatic N) is 4. The van der Waals surface area contributed by atoms with Crippen molar-refractivity contribution >= 4 is 5.82 Å². The van der Waals surface area contributed by atoms with E-state index in [9.17, 15) is 4.79 Å². The quantitative estimate of drug-likeness (QED) is 0.876. The topological polar surface area (TPSA) is 76.0 Å². The van der Waals surface area contributed by atoms with E-state index in [1.165, 1.54) is 0 Å². The van der Waals surface area contributed by atoms with Crippen LogP contribution in [0.25, 0.3) is 0 Å². The molecule has 20 heavy (non-hydrogen) atoms. The Bertz CT molecular complexity index is 578. The summed E-state index contributed by atoms with van der Waals surface area (Å²) in [6.45, 7) is 5.22.